The maximum absolute atomic E-state index is 12.8. The van der Waals surface area contributed by atoms with Gasteiger partial charge in [0.25, 0.3) is 0 Å². The van der Waals surface area contributed by atoms with E-state index in [4.69, 9.17) is 0 Å². The number of H-pyrrole nitrogens is 1. The monoisotopic (exact) mass is 395 g/mol. The van der Waals surface area contributed by atoms with Crippen LogP contribution in [-0.4, -0.2) is 59.0 Å². The second-order valence-electron chi connectivity index (χ2n) is 7.35. The average molecular weight is 396 g/mol. The Hall–Kier alpha value is -1.54. The minimum atomic E-state index is -3.02. The van der Waals surface area contributed by atoms with Crippen LogP contribution in [0.2, 0.25) is 0 Å². The minimum Gasteiger partial charge on any atom is -0.338 e. The summed E-state index contributed by atoms with van der Waals surface area (Å²) >= 11 is 1.37. The van der Waals surface area contributed by atoms with E-state index in [1.807, 2.05) is 39.0 Å². The van der Waals surface area contributed by atoms with Crippen molar-refractivity contribution in [1.29, 1.82) is 0 Å². The molecule has 1 amide bonds. The van der Waals surface area contributed by atoms with Gasteiger partial charge in [0.05, 0.1) is 28.3 Å². The number of thioether (sulfide) groups is 1. The summed E-state index contributed by atoms with van der Waals surface area (Å²) in [5.41, 5.74) is 2.99. The average Bonchev–Trinajstić information content (AvgIpc) is 3.12. The van der Waals surface area contributed by atoms with Crippen molar-refractivity contribution in [3.05, 3.63) is 23.8 Å². The molecule has 3 rings (SSSR count). The number of rotatable bonds is 6. The first-order valence-electron chi connectivity index (χ1n) is 8.82. The number of hydrogen-bond acceptors (Lipinski definition) is 5. The van der Waals surface area contributed by atoms with Crippen LogP contribution < -0.4 is 0 Å². The fourth-order valence-corrected chi connectivity index (χ4v) is 5.75. The largest absolute Gasteiger partial charge is 0.338 e. The molecule has 2 aromatic rings. The van der Waals surface area contributed by atoms with Crippen LogP contribution in [0.3, 0.4) is 0 Å². The summed E-state index contributed by atoms with van der Waals surface area (Å²) in [5.74, 6) is 0.779. The number of amides is 1. The zero-order chi connectivity index (χ0) is 18.9. The lowest BCUT2D eigenvalue weighted by Gasteiger charge is -2.29. The van der Waals surface area contributed by atoms with Gasteiger partial charge in [-0.05, 0) is 37.0 Å². The van der Waals surface area contributed by atoms with Crippen LogP contribution in [0.1, 0.15) is 25.8 Å². The van der Waals surface area contributed by atoms with Gasteiger partial charge in [-0.1, -0.05) is 31.7 Å². The second kappa shape index (κ2) is 7.60. The summed E-state index contributed by atoms with van der Waals surface area (Å²) < 4.78 is 23.6. The number of carbonyl (C=O) groups excluding carboxylic acids is 1. The maximum Gasteiger partial charge on any atom is 0.233 e. The van der Waals surface area contributed by atoms with Gasteiger partial charge in [-0.25, -0.2) is 13.4 Å². The van der Waals surface area contributed by atoms with Crippen molar-refractivity contribution in [3.8, 4) is 0 Å². The molecule has 1 fully saturated rings. The summed E-state index contributed by atoms with van der Waals surface area (Å²) in [6.07, 6.45) is 0.537. The molecule has 1 unspecified atom stereocenters. The van der Waals surface area contributed by atoms with Crippen LogP contribution >= 0.6 is 11.8 Å². The summed E-state index contributed by atoms with van der Waals surface area (Å²) in [6, 6.07) is 5.80. The Balaban J connectivity index is 1.68. The van der Waals surface area contributed by atoms with E-state index in [1.165, 1.54) is 11.8 Å². The SMILES string of the molecule is Cc1ccc2nc(SCC(=O)N(CC(C)C)C3CCS(=O)(=O)C3)[nH]c2c1. The van der Waals surface area contributed by atoms with Gasteiger partial charge in [0.1, 0.15) is 0 Å². The first-order chi connectivity index (χ1) is 12.2. The standard InChI is InChI=1S/C18H25N3O3S2/c1-12(2)9-21(14-6-7-26(23,24)11-14)17(22)10-25-18-19-15-5-4-13(3)8-16(15)20-18/h4-5,8,12,14H,6-7,9-11H2,1-3H3,(H,19,20). The van der Waals surface area contributed by atoms with Crippen molar-refractivity contribution in [2.75, 3.05) is 23.8 Å². The van der Waals surface area contributed by atoms with Gasteiger partial charge in [0.2, 0.25) is 5.91 Å². The summed E-state index contributed by atoms with van der Waals surface area (Å²) in [7, 11) is -3.02. The highest BCUT2D eigenvalue weighted by Crippen LogP contribution is 2.23. The molecule has 26 heavy (non-hydrogen) atoms. The van der Waals surface area contributed by atoms with Crippen LogP contribution in [0.5, 0.6) is 0 Å². The lowest BCUT2D eigenvalue weighted by Crippen LogP contribution is -2.44. The molecule has 1 N–H and O–H groups in total. The molecule has 1 saturated heterocycles. The van der Waals surface area contributed by atoms with Crippen LogP contribution in [0.15, 0.2) is 23.4 Å². The Morgan fingerprint density at radius 1 is 1.42 bits per heavy atom. The highest BCUT2D eigenvalue weighted by atomic mass is 32.2. The zero-order valence-electron chi connectivity index (χ0n) is 15.4. The normalized spacial score (nSPS) is 19.3. The summed E-state index contributed by atoms with van der Waals surface area (Å²) in [4.78, 5) is 22.3. The van der Waals surface area contributed by atoms with E-state index in [2.05, 4.69) is 9.97 Å². The number of carbonyl (C=O) groups is 1. The molecule has 6 nitrogen and oxygen atoms in total. The summed E-state index contributed by atoms with van der Waals surface area (Å²) in [5, 5.41) is 0.711. The van der Waals surface area contributed by atoms with E-state index in [-0.39, 0.29) is 29.2 Å². The van der Waals surface area contributed by atoms with Gasteiger partial charge < -0.3 is 9.88 Å². The Labute approximate surface area is 158 Å². The van der Waals surface area contributed by atoms with Gasteiger partial charge in [-0.2, -0.15) is 0 Å². The molecule has 1 aromatic carbocycles. The number of aromatic amines is 1. The fourth-order valence-electron chi connectivity index (χ4n) is 3.25. The Kier molecular flexibility index (Phi) is 5.62. The van der Waals surface area contributed by atoms with Crippen molar-refractivity contribution >= 4 is 38.5 Å². The molecule has 0 bridgehead atoms. The molecule has 0 spiro atoms. The van der Waals surface area contributed by atoms with Crippen LogP contribution in [0.4, 0.5) is 0 Å². The van der Waals surface area contributed by atoms with Crippen LogP contribution in [0.25, 0.3) is 11.0 Å². The van der Waals surface area contributed by atoms with Crippen molar-refractivity contribution in [2.24, 2.45) is 5.92 Å². The van der Waals surface area contributed by atoms with Crippen molar-refractivity contribution in [2.45, 2.75) is 38.4 Å². The number of imidazole rings is 1. The molecule has 1 aliphatic heterocycles. The molecule has 0 radical (unpaired) electrons. The van der Waals surface area contributed by atoms with Gasteiger partial charge in [-0.3, -0.25) is 4.79 Å². The first kappa shape index (κ1) is 19.2. The minimum absolute atomic E-state index is 0.0255. The number of benzene rings is 1. The molecule has 1 atom stereocenters. The number of sulfone groups is 1. The molecule has 0 aliphatic carbocycles. The van der Waals surface area contributed by atoms with Crippen molar-refractivity contribution < 1.29 is 13.2 Å². The Morgan fingerprint density at radius 2 is 2.19 bits per heavy atom. The number of nitrogens with zero attached hydrogens (tertiary/aromatic N) is 2. The number of nitrogens with one attached hydrogen (secondary N) is 1. The third-order valence-electron chi connectivity index (χ3n) is 4.48. The molecule has 1 aromatic heterocycles. The van der Waals surface area contributed by atoms with Crippen LogP contribution in [-0.2, 0) is 14.6 Å². The Bertz CT molecular complexity index is 906. The van der Waals surface area contributed by atoms with Gasteiger partial charge in [0, 0.05) is 12.6 Å². The lowest BCUT2D eigenvalue weighted by atomic mass is 10.1. The number of aromatic nitrogens is 2. The molecule has 1 aliphatic rings. The smallest absolute Gasteiger partial charge is 0.233 e. The van der Waals surface area contributed by atoms with E-state index < -0.39 is 9.84 Å². The van der Waals surface area contributed by atoms with E-state index in [1.54, 1.807) is 4.90 Å². The highest BCUT2D eigenvalue weighted by Gasteiger charge is 2.34. The third kappa shape index (κ3) is 4.59. The second-order valence-corrected chi connectivity index (χ2v) is 10.5. The topological polar surface area (TPSA) is 83.1 Å². The van der Waals surface area contributed by atoms with E-state index in [9.17, 15) is 13.2 Å². The Morgan fingerprint density at radius 3 is 2.85 bits per heavy atom. The highest BCUT2D eigenvalue weighted by molar-refractivity contribution is 7.99. The predicted molar refractivity (Wildman–Crippen MR) is 105 cm³/mol. The molecule has 2 heterocycles. The van der Waals surface area contributed by atoms with Gasteiger partial charge in [0.15, 0.2) is 15.0 Å². The molecule has 0 saturated carbocycles. The van der Waals surface area contributed by atoms with Crippen molar-refractivity contribution in [3.63, 3.8) is 0 Å². The van der Waals surface area contributed by atoms with Crippen LogP contribution in [0, 0.1) is 12.8 Å². The molecular weight excluding hydrogens is 370 g/mol. The molecule has 142 valence electrons. The quantitative estimate of drug-likeness (QED) is 0.760. The van der Waals surface area contributed by atoms with E-state index in [0.717, 1.165) is 16.6 Å². The lowest BCUT2D eigenvalue weighted by molar-refractivity contribution is -0.130. The van der Waals surface area contributed by atoms with E-state index in [0.29, 0.717) is 24.0 Å². The predicted octanol–water partition coefficient (Wildman–Crippen LogP) is 2.64. The summed E-state index contributed by atoms with van der Waals surface area (Å²) in [6.45, 7) is 6.69. The molecular formula is C18H25N3O3S2. The third-order valence-corrected chi connectivity index (χ3v) is 7.09. The first-order valence-corrected chi connectivity index (χ1v) is 11.6. The number of aryl methyl sites for hydroxylation is 1. The fraction of sp³-hybridized carbons (Fsp3) is 0.556. The maximum atomic E-state index is 12.8. The van der Waals surface area contributed by atoms with Gasteiger partial charge in [-0.15, -0.1) is 0 Å². The zero-order valence-corrected chi connectivity index (χ0v) is 17.0. The number of fused-ring (bicyclic) bond motifs is 1. The van der Waals surface area contributed by atoms with E-state index >= 15 is 0 Å². The van der Waals surface area contributed by atoms with Gasteiger partial charge >= 0.3 is 0 Å². The molecule has 8 heteroatoms. The van der Waals surface area contributed by atoms with Crippen molar-refractivity contribution in [1.82, 2.24) is 14.9 Å². The number of hydrogen-bond donors (Lipinski definition) is 1.